The van der Waals surface area contributed by atoms with Crippen molar-refractivity contribution in [2.45, 2.75) is 75.4 Å². The zero-order valence-electron chi connectivity index (χ0n) is 12.7. The maximum atomic E-state index is 11.9. The Kier molecular flexibility index (Phi) is 4.04. The number of nitrogens with zero attached hydrogens (tertiary/aromatic N) is 1. The zero-order chi connectivity index (χ0) is 14.2. The highest BCUT2D eigenvalue weighted by molar-refractivity contribution is 5.84. The molecule has 0 radical (unpaired) electrons. The van der Waals surface area contributed by atoms with Crippen molar-refractivity contribution in [1.82, 2.24) is 10.2 Å². The van der Waals surface area contributed by atoms with Crippen LogP contribution in [0.15, 0.2) is 0 Å². The summed E-state index contributed by atoms with van der Waals surface area (Å²) in [6.07, 6.45) is 11.1. The molecule has 0 spiro atoms. The highest BCUT2D eigenvalue weighted by Crippen LogP contribution is 2.41. The van der Waals surface area contributed by atoms with E-state index in [0.29, 0.717) is 6.04 Å². The fourth-order valence-corrected chi connectivity index (χ4v) is 5.00. The van der Waals surface area contributed by atoms with E-state index in [1.807, 2.05) is 7.05 Å². The van der Waals surface area contributed by atoms with Crippen LogP contribution < -0.4 is 11.1 Å². The number of likely N-dealkylation sites (tertiary alicyclic amines) is 1. The van der Waals surface area contributed by atoms with Gasteiger partial charge in [0.25, 0.3) is 0 Å². The highest BCUT2D eigenvalue weighted by atomic mass is 16.1. The van der Waals surface area contributed by atoms with Crippen molar-refractivity contribution >= 4 is 5.91 Å². The molecule has 114 valence electrons. The summed E-state index contributed by atoms with van der Waals surface area (Å²) in [5, 5.41) is 3.24. The topological polar surface area (TPSA) is 58.4 Å². The Balaban J connectivity index is 1.72. The van der Waals surface area contributed by atoms with Gasteiger partial charge in [0.2, 0.25) is 5.91 Å². The van der Waals surface area contributed by atoms with E-state index in [9.17, 15) is 4.79 Å². The molecule has 4 heteroatoms. The summed E-state index contributed by atoms with van der Waals surface area (Å²) in [5.74, 6) is 0.757. The van der Waals surface area contributed by atoms with E-state index < -0.39 is 5.54 Å². The SMILES string of the molecule is CNC1(C(N)=O)CCCC(N2CCC3CCCCC32)C1. The second-order valence-electron chi connectivity index (χ2n) is 7.08. The number of rotatable bonds is 3. The van der Waals surface area contributed by atoms with E-state index in [1.165, 1.54) is 45.1 Å². The molecule has 3 fully saturated rings. The third kappa shape index (κ3) is 2.37. The van der Waals surface area contributed by atoms with E-state index >= 15 is 0 Å². The van der Waals surface area contributed by atoms with Gasteiger partial charge in [-0.25, -0.2) is 0 Å². The van der Waals surface area contributed by atoms with Gasteiger partial charge in [0, 0.05) is 12.1 Å². The lowest BCUT2D eigenvalue weighted by molar-refractivity contribution is -0.126. The first-order valence-electron chi connectivity index (χ1n) is 8.41. The molecule has 1 aliphatic heterocycles. The fraction of sp³-hybridized carbons (Fsp3) is 0.938. The Morgan fingerprint density at radius 3 is 2.75 bits per heavy atom. The number of nitrogens with one attached hydrogen (secondary N) is 1. The molecular weight excluding hydrogens is 250 g/mol. The van der Waals surface area contributed by atoms with Gasteiger partial charge in [0.05, 0.1) is 5.54 Å². The van der Waals surface area contributed by atoms with Gasteiger partial charge < -0.3 is 11.1 Å². The summed E-state index contributed by atoms with van der Waals surface area (Å²) in [7, 11) is 1.89. The van der Waals surface area contributed by atoms with Crippen LogP contribution in [0.4, 0.5) is 0 Å². The first-order valence-corrected chi connectivity index (χ1v) is 8.41. The predicted octanol–water partition coefficient (Wildman–Crippen LogP) is 1.64. The van der Waals surface area contributed by atoms with Crippen molar-refractivity contribution in [3.8, 4) is 0 Å². The lowest BCUT2D eigenvalue weighted by atomic mass is 9.77. The molecule has 0 aromatic rings. The van der Waals surface area contributed by atoms with Gasteiger partial charge in [-0.3, -0.25) is 9.69 Å². The minimum atomic E-state index is -0.463. The molecule has 3 N–H and O–H groups in total. The maximum absolute atomic E-state index is 11.9. The average Bonchev–Trinajstić information content (AvgIpc) is 2.91. The van der Waals surface area contributed by atoms with E-state index in [2.05, 4.69) is 10.2 Å². The summed E-state index contributed by atoms with van der Waals surface area (Å²) < 4.78 is 0. The van der Waals surface area contributed by atoms with Crippen LogP contribution in [0.2, 0.25) is 0 Å². The predicted molar refractivity (Wildman–Crippen MR) is 80.3 cm³/mol. The Labute approximate surface area is 122 Å². The third-order valence-corrected chi connectivity index (χ3v) is 6.20. The van der Waals surface area contributed by atoms with Crippen molar-refractivity contribution in [2.75, 3.05) is 13.6 Å². The fourth-order valence-electron chi connectivity index (χ4n) is 5.00. The van der Waals surface area contributed by atoms with Crippen LogP contribution in [0, 0.1) is 5.92 Å². The Bertz CT molecular complexity index is 373. The summed E-state index contributed by atoms with van der Waals surface area (Å²) in [4.78, 5) is 14.6. The van der Waals surface area contributed by atoms with Gasteiger partial charge in [0.1, 0.15) is 0 Å². The molecule has 3 rings (SSSR count). The smallest absolute Gasteiger partial charge is 0.237 e. The second-order valence-corrected chi connectivity index (χ2v) is 7.08. The quantitative estimate of drug-likeness (QED) is 0.825. The number of primary amides is 1. The van der Waals surface area contributed by atoms with Crippen molar-refractivity contribution < 1.29 is 4.79 Å². The number of amides is 1. The molecule has 0 aromatic carbocycles. The highest BCUT2D eigenvalue weighted by Gasteiger charge is 2.45. The summed E-state index contributed by atoms with van der Waals surface area (Å²) in [5.41, 5.74) is 5.22. The summed E-state index contributed by atoms with van der Waals surface area (Å²) >= 11 is 0. The van der Waals surface area contributed by atoms with Crippen LogP contribution in [0.5, 0.6) is 0 Å². The molecule has 1 heterocycles. The first kappa shape index (κ1) is 14.3. The standard InChI is InChI=1S/C16H29N3O/c1-18-16(15(17)20)9-4-6-13(11-16)19-10-8-12-5-2-3-7-14(12)19/h12-14,18H,2-11H2,1H3,(H2,17,20). The number of nitrogens with two attached hydrogens (primary N) is 1. The van der Waals surface area contributed by atoms with Gasteiger partial charge >= 0.3 is 0 Å². The number of carbonyl (C=O) groups excluding carboxylic acids is 1. The normalized spacial score (nSPS) is 42.4. The molecular formula is C16H29N3O. The molecule has 4 atom stereocenters. The third-order valence-electron chi connectivity index (χ3n) is 6.20. The number of likely N-dealkylation sites (N-methyl/N-ethyl adjacent to an activating group) is 1. The molecule has 3 aliphatic rings. The first-order chi connectivity index (χ1) is 9.66. The Morgan fingerprint density at radius 2 is 2.00 bits per heavy atom. The number of carbonyl (C=O) groups is 1. The molecule has 0 aromatic heterocycles. The lowest BCUT2D eigenvalue weighted by Crippen LogP contribution is -2.60. The Hall–Kier alpha value is -0.610. The van der Waals surface area contributed by atoms with E-state index in [0.717, 1.165) is 31.2 Å². The molecule has 0 bridgehead atoms. The monoisotopic (exact) mass is 279 g/mol. The van der Waals surface area contributed by atoms with Gasteiger partial charge in [-0.1, -0.05) is 12.8 Å². The van der Waals surface area contributed by atoms with Crippen LogP contribution in [-0.4, -0.2) is 42.0 Å². The average molecular weight is 279 g/mol. The molecule has 1 amide bonds. The van der Waals surface area contributed by atoms with Gasteiger partial charge in [-0.05, 0) is 64.5 Å². The lowest BCUT2D eigenvalue weighted by Gasteiger charge is -2.44. The molecule has 4 unspecified atom stereocenters. The Morgan fingerprint density at radius 1 is 1.20 bits per heavy atom. The minimum Gasteiger partial charge on any atom is -0.368 e. The van der Waals surface area contributed by atoms with Crippen LogP contribution in [-0.2, 0) is 4.79 Å². The summed E-state index contributed by atoms with van der Waals surface area (Å²) in [6, 6.07) is 1.34. The molecule has 2 aliphatic carbocycles. The number of hydrogen-bond donors (Lipinski definition) is 2. The van der Waals surface area contributed by atoms with Crippen LogP contribution in [0.25, 0.3) is 0 Å². The van der Waals surface area contributed by atoms with E-state index in [-0.39, 0.29) is 5.91 Å². The van der Waals surface area contributed by atoms with Crippen LogP contribution in [0.1, 0.15) is 57.8 Å². The van der Waals surface area contributed by atoms with Crippen molar-refractivity contribution in [3.05, 3.63) is 0 Å². The molecule has 20 heavy (non-hydrogen) atoms. The van der Waals surface area contributed by atoms with E-state index in [4.69, 9.17) is 5.73 Å². The largest absolute Gasteiger partial charge is 0.368 e. The van der Waals surface area contributed by atoms with Crippen molar-refractivity contribution in [3.63, 3.8) is 0 Å². The maximum Gasteiger partial charge on any atom is 0.237 e. The van der Waals surface area contributed by atoms with Crippen molar-refractivity contribution in [2.24, 2.45) is 11.7 Å². The minimum absolute atomic E-state index is 0.163. The number of hydrogen-bond acceptors (Lipinski definition) is 3. The van der Waals surface area contributed by atoms with Crippen LogP contribution in [0.3, 0.4) is 0 Å². The number of fused-ring (bicyclic) bond motifs is 1. The molecule has 4 nitrogen and oxygen atoms in total. The molecule has 1 saturated heterocycles. The second kappa shape index (κ2) is 5.64. The summed E-state index contributed by atoms with van der Waals surface area (Å²) in [6.45, 7) is 1.23. The zero-order valence-corrected chi connectivity index (χ0v) is 12.7. The molecule has 2 saturated carbocycles. The van der Waals surface area contributed by atoms with E-state index in [1.54, 1.807) is 0 Å². The van der Waals surface area contributed by atoms with Gasteiger partial charge in [-0.2, -0.15) is 0 Å². The van der Waals surface area contributed by atoms with Crippen molar-refractivity contribution in [1.29, 1.82) is 0 Å². The van der Waals surface area contributed by atoms with Crippen LogP contribution >= 0.6 is 0 Å². The van der Waals surface area contributed by atoms with Gasteiger partial charge in [-0.15, -0.1) is 0 Å². The van der Waals surface area contributed by atoms with Gasteiger partial charge in [0.15, 0.2) is 0 Å².